The zero-order valence-corrected chi connectivity index (χ0v) is 78.7. The highest BCUT2D eigenvalue weighted by Gasteiger charge is 2.27. The fourth-order valence-electron chi connectivity index (χ4n) is 20.4. The lowest BCUT2D eigenvalue weighted by molar-refractivity contribution is 1.18. The summed E-state index contributed by atoms with van der Waals surface area (Å²) in [4.78, 5) is 18.5. The Morgan fingerprint density at radius 2 is 0.439 bits per heavy atom. The molecule has 0 aliphatic heterocycles. The molecule has 0 aliphatic rings. The van der Waals surface area contributed by atoms with Crippen LogP contribution in [0, 0.1) is 112 Å². The van der Waals surface area contributed by atoms with Gasteiger partial charge in [0.05, 0.1) is 136 Å². The molecule has 0 aliphatic carbocycles. The average molecular weight is 1880 g/mol. The SMILES string of the molecule is [C-]#[N+]c1cccc(C#N)c1-c1ccc2c(c1)c1c(-c3ccccc3C#N)cccc1n2-c1ccccc1.[C-]#[N+]c1cccc(C#N)c1-c1ccc2c(c1)c1cc(-c3ccccc3C#N)ccc1n2-c1ccccc1.[C-]#[N+]c1cccc(C#N)c1-c1ccc2c(c1)c1cccc(-c3ccccc3C#N)c1n2-c1ccccc1.[C-]#[N+]c1ccccc1-c1ccc2c3cc(-c4c(C#N)cccc4[N+]#[C-])ccc3n(-c3ccccc3)c2c1. The van der Waals surface area contributed by atoms with Gasteiger partial charge in [-0.25, -0.2) is 24.2 Å². The number of nitriles is 7. The Balaban J connectivity index is 0.000000116. The molecular weight excluding hydrogens is 1810 g/mol. The predicted octanol–water partition coefficient (Wildman–Crippen LogP) is 34.3. The smallest absolute Gasteiger partial charge is 0.196 e. The molecule has 0 atom stereocenters. The van der Waals surface area contributed by atoms with Crippen molar-refractivity contribution in [2.45, 2.75) is 0 Å². The Morgan fingerprint density at radius 3 is 0.865 bits per heavy atom. The second-order valence-corrected chi connectivity index (χ2v) is 34.8. The third-order valence-corrected chi connectivity index (χ3v) is 26.8. The van der Waals surface area contributed by atoms with Gasteiger partial charge in [-0.1, -0.05) is 273 Å². The molecule has 0 N–H and O–H groups in total. The number of fused-ring (bicyclic) bond motifs is 12. The van der Waals surface area contributed by atoms with E-state index in [0.717, 1.165) is 177 Å². The van der Waals surface area contributed by atoms with Crippen LogP contribution in [0.4, 0.5) is 28.4 Å². The van der Waals surface area contributed by atoms with Gasteiger partial charge in [-0.3, -0.25) is 0 Å². The van der Waals surface area contributed by atoms with Crippen LogP contribution < -0.4 is 0 Å². The fraction of sp³-hybridized carbons (Fsp3) is 0. The Kier molecular flexibility index (Phi) is 24.9. The topological polar surface area (TPSA) is 208 Å². The molecule has 148 heavy (non-hydrogen) atoms. The van der Waals surface area contributed by atoms with Gasteiger partial charge in [0, 0.05) is 127 Å². The van der Waals surface area contributed by atoms with Crippen molar-refractivity contribution in [3.63, 3.8) is 0 Å². The first-order valence-electron chi connectivity index (χ1n) is 47.1. The average Bonchev–Trinajstić information content (AvgIpc) is 1.57. The van der Waals surface area contributed by atoms with Crippen molar-refractivity contribution in [3.8, 4) is 154 Å². The van der Waals surface area contributed by atoms with Crippen LogP contribution in [0.5, 0.6) is 0 Å². The summed E-state index contributed by atoms with van der Waals surface area (Å²) in [5, 5.41) is 76.6. The lowest BCUT2D eigenvalue weighted by Crippen LogP contribution is -1.96. The van der Waals surface area contributed by atoms with Gasteiger partial charge in [-0.2, -0.15) is 36.8 Å². The van der Waals surface area contributed by atoms with E-state index in [1.165, 1.54) is 0 Å². The number of rotatable bonds is 12. The number of para-hydroxylation sites is 6. The summed E-state index contributed by atoms with van der Waals surface area (Å²) < 4.78 is 8.90. The first-order chi connectivity index (χ1) is 72.9. The molecule has 680 valence electrons. The van der Waals surface area contributed by atoms with E-state index in [4.69, 9.17) is 32.9 Å². The highest BCUT2D eigenvalue weighted by molar-refractivity contribution is 6.20. The van der Waals surface area contributed by atoms with Gasteiger partial charge < -0.3 is 18.3 Å². The molecule has 4 aromatic heterocycles. The minimum Gasteiger partial charge on any atom is -0.309 e. The number of aromatic nitrogens is 4. The molecule has 0 fully saturated rings. The van der Waals surface area contributed by atoms with Crippen LogP contribution >= 0.6 is 0 Å². The Morgan fingerprint density at radius 1 is 0.169 bits per heavy atom. The maximum absolute atomic E-state index is 9.84. The summed E-state index contributed by atoms with van der Waals surface area (Å²) in [6, 6.07) is 158. The minimum atomic E-state index is 0.445. The highest BCUT2D eigenvalue weighted by Crippen LogP contribution is 2.49. The Labute approximate surface area is 852 Å². The van der Waals surface area contributed by atoms with Crippen molar-refractivity contribution in [2.75, 3.05) is 0 Å². The molecule has 16 heteroatoms. The quantitative estimate of drug-likeness (QED) is 0.108. The summed E-state index contributed by atoms with van der Waals surface area (Å²) in [5.74, 6) is 0. The predicted molar refractivity (Wildman–Crippen MR) is 591 cm³/mol. The monoisotopic (exact) mass is 1880 g/mol. The largest absolute Gasteiger partial charge is 0.309 e. The van der Waals surface area contributed by atoms with E-state index in [1.54, 1.807) is 72.8 Å². The van der Waals surface area contributed by atoms with Crippen molar-refractivity contribution < 1.29 is 0 Å². The van der Waals surface area contributed by atoms with Crippen LogP contribution in [-0.2, 0) is 0 Å². The van der Waals surface area contributed by atoms with Crippen LogP contribution in [0.25, 0.3) is 223 Å². The first kappa shape index (κ1) is 91.9. The van der Waals surface area contributed by atoms with Crippen LogP contribution in [0.15, 0.2) is 437 Å². The second-order valence-electron chi connectivity index (χ2n) is 34.8. The van der Waals surface area contributed by atoms with E-state index in [1.807, 2.05) is 212 Å². The third-order valence-electron chi connectivity index (χ3n) is 26.8. The fourth-order valence-corrected chi connectivity index (χ4v) is 20.4. The lowest BCUT2D eigenvalue weighted by Gasteiger charge is -2.12. The van der Waals surface area contributed by atoms with E-state index in [-0.39, 0.29) is 0 Å². The first-order valence-corrected chi connectivity index (χ1v) is 47.1. The van der Waals surface area contributed by atoms with Crippen molar-refractivity contribution >= 4 is 116 Å². The maximum Gasteiger partial charge on any atom is 0.196 e. The zero-order chi connectivity index (χ0) is 101. The molecule has 20 aromatic carbocycles. The van der Waals surface area contributed by atoms with Crippen molar-refractivity contribution in [1.29, 1.82) is 36.8 Å². The zero-order valence-electron chi connectivity index (χ0n) is 78.7. The lowest BCUT2D eigenvalue weighted by atomic mass is 9.93. The van der Waals surface area contributed by atoms with Crippen molar-refractivity contribution in [2.24, 2.45) is 0 Å². The molecular formula is C132H72N16. The highest BCUT2D eigenvalue weighted by atomic mass is 15.0. The molecule has 4 heterocycles. The number of hydrogen-bond donors (Lipinski definition) is 0. The van der Waals surface area contributed by atoms with E-state index in [0.29, 0.717) is 89.6 Å². The van der Waals surface area contributed by atoms with Gasteiger partial charge in [-0.15, -0.1) is 0 Å². The van der Waals surface area contributed by atoms with Crippen LogP contribution in [0.3, 0.4) is 0 Å². The molecule has 0 amide bonds. The molecule has 0 saturated carbocycles. The molecule has 0 saturated heterocycles. The number of hydrogen-bond acceptors (Lipinski definition) is 7. The van der Waals surface area contributed by atoms with E-state index in [9.17, 15) is 36.8 Å². The second kappa shape index (κ2) is 40.1. The van der Waals surface area contributed by atoms with E-state index >= 15 is 0 Å². The molecule has 16 nitrogen and oxygen atoms in total. The van der Waals surface area contributed by atoms with Gasteiger partial charge in [-0.05, 0) is 214 Å². The summed E-state index contributed by atoms with van der Waals surface area (Å²) in [6.45, 7) is 38.3. The van der Waals surface area contributed by atoms with Crippen molar-refractivity contribution in [3.05, 3.63) is 533 Å². The van der Waals surface area contributed by atoms with E-state index < -0.39 is 0 Å². The van der Waals surface area contributed by atoms with Crippen LogP contribution in [0.2, 0.25) is 0 Å². The molecule has 24 aromatic rings. The maximum atomic E-state index is 9.84. The normalized spacial score (nSPS) is 10.6. The summed E-state index contributed by atoms with van der Waals surface area (Å²) in [7, 11) is 0. The Hall–Kier alpha value is -22.5. The summed E-state index contributed by atoms with van der Waals surface area (Å²) in [6.07, 6.45) is 0. The molecule has 24 rings (SSSR count). The summed E-state index contributed by atoms with van der Waals surface area (Å²) >= 11 is 0. The Bertz CT molecular complexity index is 9890. The standard InChI is InChI=1S/4C33H18N4/c1-35-29-13-7-6-12-26(29)22-15-17-27-28-19-23(33-24(21-34)9-8-14-30(33)36-2)16-18-31(28)37(32(27)20-22)25-10-4-3-5-11-25;1-36-30-16-7-10-24(21-35)32(30)22-17-18-31-29(19-22)28-15-8-14-27(26-13-6-5-9-23(26)20-34)33(28)37(31)25-11-3-2-4-12-25;1-36-29-15-7-10-24(21-35)32(29)22-17-18-30-28(19-22)33-27(26-13-6-5-9-23(26)20-34)14-8-16-31(33)37(30)25-11-3-2-4-12-25;1-36-30-13-7-9-25(21-35)33(30)23-15-17-32-29(19-23)28-18-22(27-12-6-5-8-24(27)20-34)14-16-31(28)37(32)26-10-3-2-4-11-26/h3-20H;3*2-19H. The van der Waals surface area contributed by atoms with Crippen LogP contribution in [0.1, 0.15) is 38.9 Å². The number of benzene rings is 20. The molecule has 0 spiro atoms. The summed E-state index contributed by atoms with van der Waals surface area (Å²) in [5.41, 5.74) is 31.7. The van der Waals surface area contributed by atoms with Gasteiger partial charge in [0.2, 0.25) is 0 Å². The minimum absolute atomic E-state index is 0.445. The van der Waals surface area contributed by atoms with Gasteiger partial charge in [0.15, 0.2) is 28.4 Å². The van der Waals surface area contributed by atoms with Gasteiger partial charge >= 0.3 is 0 Å². The van der Waals surface area contributed by atoms with Gasteiger partial charge in [0.1, 0.15) is 0 Å². The molecule has 0 bridgehead atoms. The van der Waals surface area contributed by atoms with Crippen molar-refractivity contribution in [1.82, 2.24) is 18.3 Å². The number of nitrogens with zero attached hydrogens (tertiary/aromatic N) is 16. The molecule has 0 radical (unpaired) electrons. The van der Waals surface area contributed by atoms with E-state index in [2.05, 4.69) is 237 Å². The van der Waals surface area contributed by atoms with Gasteiger partial charge in [0.25, 0.3) is 0 Å². The van der Waals surface area contributed by atoms with Crippen LogP contribution in [-0.4, -0.2) is 18.3 Å². The third kappa shape index (κ3) is 16.5. The molecule has 0 unspecified atom stereocenters.